The van der Waals surface area contributed by atoms with Crippen LogP contribution in [0.4, 0.5) is 10.6 Å². The van der Waals surface area contributed by atoms with E-state index >= 15 is 0 Å². The number of hydrogen-bond donors (Lipinski definition) is 0. The second kappa shape index (κ2) is 12.0. The molecule has 0 spiro atoms. The third-order valence-corrected chi connectivity index (χ3v) is 9.25. The number of pyridine rings is 2. The van der Waals surface area contributed by atoms with Crippen LogP contribution in [0.5, 0.6) is 5.75 Å². The molecule has 47 heavy (non-hydrogen) atoms. The predicted octanol–water partition coefficient (Wildman–Crippen LogP) is 7.07. The smallest absolute Gasteiger partial charge is 0.410 e. The molecule has 7 rings (SSSR count). The summed E-state index contributed by atoms with van der Waals surface area (Å²) in [7, 11) is 3.48. The van der Waals surface area contributed by atoms with Crippen LogP contribution in [0.25, 0.3) is 33.5 Å². The summed E-state index contributed by atoms with van der Waals surface area (Å²) >= 11 is 0. The maximum Gasteiger partial charge on any atom is 0.410 e. The highest BCUT2D eigenvalue weighted by Crippen LogP contribution is 2.37. The molecule has 2 aliphatic rings. The van der Waals surface area contributed by atoms with E-state index in [4.69, 9.17) is 24.5 Å². The first kappa shape index (κ1) is 30.7. The van der Waals surface area contributed by atoms with Gasteiger partial charge in [-0.05, 0) is 99.5 Å². The Bertz CT molecular complexity index is 1940. The Morgan fingerprint density at radius 2 is 1.81 bits per heavy atom. The van der Waals surface area contributed by atoms with Crippen LogP contribution in [0.3, 0.4) is 0 Å². The van der Waals surface area contributed by atoms with E-state index in [2.05, 4.69) is 54.3 Å². The molecule has 9 nitrogen and oxygen atoms in total. The SMILES string of the molecule is COc1ccc(Cn2nc(-c3ccc(N4CC(N(C)C(=O)OC(C)(C)C)C4)nc3)c3nc(-c4cccc5c4CCC5)c(C)cc32)cc1. The van der Waals surface area contributed by atoms with Crippen molar-refractivity contribution in [1.29, 1.82) is 0 Å². The number of ether oxygens (including phenoxy) is 2. The molecular formula is C38H42N6O3. The van der Waals surface area contributed by atoms with Crippen LogP contribution in [0.1, 0.15) is 49.4 Å². The van der Waals surface area contributed by atoms with E-state index < -0.39 is 5.60 Å². The van der Waals surface area contributed by atoms with Crippen molar-refractivity contribution in [2.24, 2.45) is 0 Å². The molecule has 2 aromatic carbocycles. The van der Waals surface area contributed by atoms with Gasteiger partial charge in [-0.25, -0.2) is 14.8 Å². The van der Waals surface area contributed by atoms with Crippen LogP contribution >= 0.6 is 0 Å². The predicted molar refractivity (Wildman–Crippen MR) is 185 cm³/mol. The number of carbonyl (C=O) groups excluding carboxylic acids is 1. The number of fused-ring (bicyclic) bond motifs is 2. The Morgan fingerprint density at radius 1 is 1.02 bits per heavy atom. The van der Waals surface area contributed by atoms with E-state index in [1.165, 1.54) is 23.1 Å². The van der Waals surface area contributed by atoms with Crippen molar-refractivity contribution in [2.45, 2.75) is 65.1 Å². The highest BCUT2D eigenvalue weighted by atomic mass is 16.6. The largest absolute Gasteiger partial charge is 0.497 e. The lowest BCUT2D eigenvalue weighted by Gasteiger charge is -2.44. The first-order chi connectivity index (χ1) is 22.6. The topological polar surface area (TPSA) is 85.6 Å². The van der Waals surface area contributed by atoms with Gasteiger partial charge in [-0.15, -0.1) is 0 Å². The Balaban J connectivity index is 1.20. The van der Waals surface area contributed by atoms with Crippen LogP contribution in [0.15, 0.2) is 66.9 Å². The summed E-state index contributed by atoms with van der Waals surface area (Å²) in [6.45, 7) is 9.81. The van der Waals surface area contributed by atoms with E-state index in [1.807, 2.05) is 49.8 Å². The minimum absolute atomic E-state index is 0.0780. The molecule has 0 radical (unpaired) electrons. The van der Waals surface area contributed by atoms with Gasteiger partial charge >= 0.3 is 6.09 Å². The number of aryl methyl sites for hydroxylation is 2. The number of amides is 1. The monoisotopic (exact) mass is 630 g/mol. The van der Waals surface area contributed by atoms with Crippen LogP contribution in [-0.2, 0) is 24.1 Å². The average Bonchev–Trinajstić information content (AvgIpc) is 3.65. The van der Waals surface area contributed by atoms with E-state index in [-0.39, 0.29) is 12.1 Å². The Kier molecular flexibility index (Phi) is 7.86. The van der Waals surface area contributed by atoms with E-state index in [0.29, 0.717) is 19.6 Å². The molecule has 0 bridgehead atoms. The number of likely N-dealkylation sites (N-methyl/N-ethyl adjacent to an activating group) is 1. The van der Waals surface area contributed by atoms with Crippen molar-refractivity contribution in [2.75, 3.05) is 32.1 Å². The molecule has 3 aromatic heterocycles. The quantitative estimate of drug-likeness (QED) is 0.190. The minimum atomic E-state index is -0.520. The van der Waals surface area contributed by atoms with E-state index in [1.54, 1.807) is 19.1 Å². The standard InChI is InChI=1S/C38H42N6O3/c1-24-19-32-36(40-34(24)31-12-8-10-26-9-7-11-30(26)31)35(41-44(32)21-25-13-16-29(46-6)17-14-25)27-15-18-33(39-20-27)43-22-28(23-43)42(5)37(45)47-38(2,3)4/h8,10,12-20,28H,7,9,11,21-23H2,1-6H3. The molecule has 0 N–H and O–H groups in total. The summed E-state index contributed by atoms with van der Waals surface area (Å²) in [5.41, 5.74) is 10.4. The zero-order valence-electron chi connectivity index (χ0n) is 28.1. The third-order valence-electron chi connectivity index (χ3n) is 9.25. The zero-order valence-corrected chi connectivity index (χ0v) is 28.1. The van der Waals surface area contributed by atoms with Crippen LogP contribution < -0.4 is 9.64 Å². The summed E-state index contributed by atoms with van der Waals surface area (Å²) in [6, 6.07) is 21.2. The fourth-order valence-electron chi connectivity index (χ4n) is 6.61. The van der Waals surface area contributed by atoms with Crippen molar-refractivity contribution in [3.8, 4) is 28.3 Å². The number of anilines is 1. The fraction of sp³-hybridized carbons (Fsp3) is 0.368. The van der Waals surface area contributed by atoms with Gasteiger partial charge in [-0.3, -0.25) is 4.68 Å². The summed E-state index contributed by atoms with van der Waals surface area (Å²) in [4.78, 5) is 26.6. The number of benzene rings is 2. The van der Waals surface area contributed by atoms with Gasteiger partial charge in [0.1, 0.15) is 28.4 Å². The van der Waals surface area contributed by atoms with Gasteiger partial charge in [0.05, 0.1) is 30.9 Å². The van der Waals surface area contributed by atoms with Gasteiger partial charge in [0.2, 0.25) is 0 Å². The number of methoxy groups -OCH3 is 1. The number of rotatable bonds is 7. The fourth-order valence-corrected chi connectivity index (χ4v) is 6.61. The Morgan fingerprint density at radius 3 is 2.51 bits per heavy atom. The molecule has 9 heteroatoms. The second-order valence-corrected chi connectivity index (χ2v) is 13.7. The molecule has 1 saturated heterocycles. The normalized spacial score (nSPS) is 14.6. The molecule has 1 aliphatic carbocycles. The molecule has 5 aromatic rings. The maximum absolute atomic E-state index is 12.5. The molecule has 0 saturated carbocycles. The van der Waals surface area contributed by atoms with Crippen LogP contribution in [0.2, 0.25) is 0 Å². The van der Waals surface area contributed by atoms with Gasteiger partial charge in [0, 0.05) is 37.5 Å². The first-order valence-corrected chi connectivity index (χ1v) is 16.4. The zero-order chi connectivity index (χ0) is 32.9. The number of hydrogen-bond acceptors (Lipinski definition) is 7. The van der Waals surface area contributed by atoms with Crippen molar-refractivity contribution in [3.63, 3.8) is 0 Å². The lowest BCUT2D eigenvalue weighted by Crippen LogP contribution is -2.60. The molecule has 0 unspecified atom stereocenters. The molecule has 1 fully saturated rings. The molecule has 1 aliphatic heterocycles. The Hall–Kier alpha value is -4.92. The minimum Gasteiger partial charge on any atom is -0.497 e. The van der Waals surface area contributed by atoms with Gasteiger partial charge in [0.25, 0.3) is 0 Å². The van der Waals surface area contributed by atoms with E-state index in [0.717, 1.165) is 63.5 Å². The molecule has 4 heterocycles. The summed E-state index contributed by atoms with van der Waals surface area (Å²) in [5.74, 6) is 1.70. The average molecular weight is 631 g/mol. The van der Waals surface area contributed by atoms with Crippen molar-refractivity contribution >= 4 is 22.9 Å². The summed E-state index contributed by atoms with van der Waals surface area (Å²) < 4.78 is 13.0. The molecule has 0 atom stereocenters. The number of aromatic nitrogens is 4. The lowest BCUT2D eigenvalue weighted by molar-refractivity contribution is 0.0196. The van der Waals surface area contributed by atoms with Crippen LogP contribution in [-0.4, -0.2) is 69.6 Å². The van der Waals surface area contributed by atoms with Gasteiger partial charge in [-0.2, -0.15) is 5.10 Å². The molecule has 1 amide bonds. The first-order valence-electron chi connectivity index (χ1n) is 16.4. The van der Waals surface area contributed by atoms with Crippen molar-refractivity contribution < 1.29 is 14.3 Å². The highest BCUT2D eigenvalue weighted by Gasteiger charge is 2.35. The van der Waals surface area contributed by atoms with E-state index in [9.17, 15) is 4.79 Å². The van der Waals surface area contributed by atoms with Gasteiger partial charge in [-0.1, -0.05) is 30.3 Å². The number of nitrogens with zero attached hydrogens (tertiary/aromatic N) is 6. The summed E-state index contributed by atoms with van der Waals surface area (Å²) in [5, 5.41) is 5.15. The van der Waals surface area contributed by atoms with Crippen LogP contribution in [0, 0.1) is 6.92 Å². The third kappa shape index (κ3) is 6.02. The van der Waals surface area contributed by atoms with Gasteiger partial charge < -0.3 is 19.3 Å². The summed E-state index contributed by atoms with van der Waals surface area (Å²) in [6.07, 6.45) is 4.99. The highest BCUT2D eigenvalue weighted by molar-refractivity contribution is 5.92. The van der Waals surface area contributed by atoms with Gasteiger partial charge in [0.15, 0.2) is 0 Å². The van der Waals surface area contributed by atoms with Crippen molar-refractivity contribution in [1.82, 2.24) is 24.6 Å². The molecule has 242 valence electrons. The Labute approximate surface area is 276 Å². The number of carbonyl (C=O) groups is 1. The second-order valence-electron chi connectivity index (χ2n) is 13.7. The maximum atomic E-state index is 12.5. The van der Waals surface area contributed by atoms with Crippen molar-refractivity contribution in [3.05, 3.63) is 89.1 Å². The molecular weight excluding hydrogens is 588 g/mol. The lowest BCUT2D eigenvalue weighted by atomic mass is 9.97.